The Morgan fingerprint density at radius 3 is 2.69 bits per heavy atom. The highest BCUT2D eigenvalue weighted by Gasteiger charge is 2.24. The zero-order valence-electron chi connectivity index (χ0n) is 14.9. The number of amides is 1. The Hall–Kier alpha value is -2.18. The molecule has 7 heteroatoms. The van der Waals surface area contributed by atoms with E-state index in [1.54, 1.807) is 36.9 Å². The van der Waals surface area contributed by atoms with Gasteiger partial charge in [-0.2, -0.15) is 0 Å². The van der Waals surface area contributed by atoms with Gasteiger partial charge in [-0.15, -0.1) is 11.3 Å². The minimum atomic E-state index is -0.630. The highest BCUT2D eigenvalue weighted by Crippen LogP contribution is 2.23. The van der Waals surface area contributed by atoms with Crippen LogP contribution in [0.2, 0.25) is 4.34 Å². The summed E-state index contributed by atoms with van der Waals surface area (Å²) >= 11 is 7.44. The van der Waals surface area contributed by atoms with Crippen LogP contribution in [0.15, 0.2) is 41.2 Å². The molecule has 1 amide bonds. The molecule has 0 spiro atoms. The van der Waals surface area contributed by atoms with Gasteiger partial charge in [-0.05, 0) is 45.0 Å². The van der Waals surface area contributed by atoms with E-state index in [9.17, 15) is 9.59 Å². The molecular weight excluding hydrogens is 370 g/mol. The molecule has 0 saturated carbocycles. The Labute approximate surface area is 160 Å². The van der Waals surface area contributed by atoms with Crippen molar-refractivity contribution >= 4 is 39.7 Å². The molecule has 0 radical (unpaired) electrons. The van der Waals surface area contributed by atoms with Gasteiger partial charge in [0.15, 0.2) is 0 Å². The van der Waals surface area contributed by atoms with Gasteiger partial charge in [-0.1, -0.05) is 23.7 Å². The number of carbonyl (C=O) groups excluding carboxylic acids is 1. The molecule has 0 aliphatic carbocycles. The van der Waals surface area contributed by atoms with E-state index in [0.717, 1.165) is 4.88 Å². The number of aromatic nitrogens is 2. The average molecular weight is 390 g/mol. The number of halogens is 1. The summed E-state index contributed by atoms with van der Waals surface area (Å²) in [5.74, 6) is 0.420. The molecule has 2 heterocycles. The average Bonchev–Trinajstić information content (AvgIpc) is 3.04. The van der Waals surface area contributed by atoms with Crippen molar-refractivity contribution in [1.82, 2.24) is 14.5 Å². The summed E-state index contributed by atoms with van der Waals surface area (Å²) in [4.78, 5) is 33.2. The molecule has 3 aromatic rings. The molecule has 0 aliphatic rings. The van der Waals surface area contributed by atoms with Crippen LogP contribution in [-0.2, 0) is 11.3 Å². The maximum absolute atomic E-state index is 13.0. The Balaban J connectivity index is 1.94. The summed E-state index contributed by atoms with van der Waals surface area (Å²) in [6, 6.07) is 10.3. The normalized spacial score (nSPS) is 12.3. The summed E-state index contributed by atoms with van der Waals surface area (Å²) < 4.78 is 2.18. The number of hydrogen-bond acceptors (Lipinski definition) is 4. The fraction of sp³-hybridized carbons (Fsp3) is 0.316. The van der Waals surface area contributed by atoms with Crippen molar-refractivity contribution < 1.29 is 4.79 Å². The number of para-hydroxylation sites is 1. The quantitative estimate of drug-likeness (QED) is 0.662. The fourth-order valence-electron chi connectivity index (χ4n) is 3.06. The van der Waals surface area contributed by atoms with Gasteiger partial charge in [0.05, 0.1) is 21.8 Å². The first-order valence-corrected chi connectivity index (χ1v) is 9.62. The van der Waals surface area contributed by atoms with Crippen LogP contribution in [0, 0.1) is 6.92 Å². The van der Waals surface area contributed by atoms with Gasteiger partial charge in [-0.25, -0.2) is 4.98 Å². The number of rotatable bonds is 5. The lowest BCUT2D eigenvalue weighted by Crippen LogP contribution is -2.39. The molecule has 26 heavy (non-hydrogen) atoms. The standard InChI is InChI=1S/C19H20ClN3O2S/c1-4-22(11-14-9-10-17(20)26-14)18(24)12(2)23-13(3)21-16-8-6-5-7-15(16)19(23)25/h5-10,12H,4,11H2,1-3H3. The van der Waals surface area contributed by atoms with Crippen molar-refractivity contribution in [2.75, 3.05) is 6.54 Å². The van der Waals surface area contributed by atoms with Crippen LogP contribution in [0.5, 0.6) is 0 Å². The van der Waals surface area contributed by atoms with E-state index in [0.29, 0.717) is 34.2 Å². The highest BCUT2D eigenvalue weighted by molar-refractivity contribution is 7.16. The molecule has 3 rings (SSSR count). The van der Waals surface area contributed by atoms with E-state index in [1.807, 2.05) is 25.1 Å². The van der Waals surface area contributed by atoms with E-state index >= 15 is 0 Å². The van der Waals surface area contributed by atoms with Crippen molar-refractivity contribution in [1.29, 1.82) is 0 Å². The van der Waals surface area contributed by atoms with Gasteiger partial charge in [-0.3, -0.25) is 14.2 Å². The van der Waals surface area contributed by atoms with Gasteiger partial charge in [0.25, 0.3) is 5.56 Å². The molecule has 2 aromatic heterocycles. The second-order valence-electron chi connectivity index (χ2n) is 6.09. The lowest BCUT2D eigenvalue weighted by atomic mass is 10.2. The zero-order chi connectivity index (χ0) is 18.8. The summed E-state index contributed by atoms with van der Waals surface area (Å²) in [6.45, 7) is 6.46. The predicted molar refractivity (Wildman–Crippen MR) is 106 cm³/mol. The van der Waals surface area contributed by atoms with E-state index in [4.69, 9.17) is 11.6 Å². The second kappa shape index (κ2) is 7.60. The molecule has 1 aromatic carbocycles. The van der Waals surface area contributed by atoms with Crippen molar-refractivity contribution in [3.05, 3.63) is 61.8 Å². The third kappa shape index (κ3) is 3.52. The molecule has 0 fully saturated rings. The van der Waals surface area contributed by atoms with Crippen LogP contribution < -0.4 is 5.56 Å². The van der Waals surface area contributed by atoms with Crippen molar-refractivity contribution in [2.24, 2.45) is 0 Å². The van der Waals surface area contributed by atoms with E-state index in [2.05, 4.69) is 4.98 Å². The SMILES string of the molecule is CCN(Cc1ccc(Cl)s1)C(=O)C(C)n1c(C)nc2ccccc2c1=O. The number of carbonyl (C=O) groups is 1. The topological polar surface area (TPSA) is 55.2 Å². The van der Waals surface area contributed by atoms with E-state index in [-0.39, 0.29) is 11.5 Å². The molecule has 5 nitrogen and oxygen atoms in total. The predicted octanol–water partition coefficient (Wildman–Crippen LogP) is 4.03. The molecule has 0 aliphatic heterocycles. The molecule has 0 saturated heterocycles. The number of hydrogen-bond donors (Lipinski definition) is 0. The molecular formula is C19H20ClN3O2S. The minimum absolute atomic E-state index is 0.112. The van der Waals surface area contributed by atoms with Crippen molar-refractivity contribution in [3.8, 4) is 0 Å². The third-order valence-electron chi connectivity index (χ3n) is 4.40. The summed E-state index contributed by atoms with van der Waals surface area (Å²) in [6.07, 6.45) is 0. The first kappa shape index (κ1) is 18.6. The van der Waals surface area contributed by atoms with Gasteiger partial charge < -0.3 is 4.90 Å². The number of likely N-dealkylation sites (N-methyl/N-ethyl adjacent to an activating group) is 1. The smallest absolute Gasteiger partial charge is 0.262 e. The maximum atomic E-state index is 13.0. The highest BCUT2D eigenvalue weighted by atomic mass is 35.5. The Bertz CT molecular complexity index is 1010. The van der Waals surface area contributed by atoms with Crippen LogP contribution in [0.3, 0.4) is 0 Å². The minimum Gasteiger partial charge on any atom is -0.336 e. The molecule has 1 atom stereocenters. The number of fused-ring (bicyclic) bond motifs is 1. The van der Waals surface area contributed by atoms with Crippen LogP contribution in [0.4, 0.5) is 0 Å². The number of thiophene rings is 1. The van der Waals surface area contributed by atoms with Crippen molar-refractivity contribution in [2.45, 2.75) is 33.4 Å². The molecule has 1 unspecified atom stereocenters. The van der Waals surface area contributed by atoms with Gasteiger partial charge in [0, 0.05) is 11.4 Å². The lowest BCUT2D eigenvalue weighted by molar-refractivity contribution is -0.134. The molecule has 0 N–H and O–H groups in total. The number of nitrogens with zero attached hydrogens (tertiary/aromatic N) is 3. The van der Waals surface area contributed by atoms with Gasteiger partial charge in [0.2, 0.25) is 5.91 Å². The van der Waals surface area contributed by atoms with Gasteiger partial charge >= 0.3 is 0 Å². The zero-order valence-corrected chi connectivity index (χ0v) is 16.5. The number of benzene rings is 1. The van der Waals surface area contributed by atoms with E-state index in [1.165, 1.54) is 15.9 Å². The van der Waals surface area contributed by atoms with Crippen LogP contribution in [0.1, 0.15) is 30.6 Å². The van der Waals surface area contributed by atoms with Crippen LogP contribution in [-0.4, -0.2) is 26.9 Å². The summed E-state index contributed by atoms with van der Waals surface area (Å²) in [5, 5.41) is 0.519. The lowest BCUT2D eigenvalue weighted by Gasteiger charge is -2.26. The Morgan fingerprint density at radius 1 is 1.31 bits per heavy atom. The largest absolute Gasteiger partial charge is 0.336 e. The Morgan fingerprint density at radius 2 is 2.04 bits per heavy atom. The Kier molecular flexibility index (Phi) is 5.44. The van der Waals surface area contributed by atoms with Crippen LogP contribution in [0.25, 0.3) is 10.9 Å². The van der Waals surface area contributed by atoms with Crippen molar-refractivity contribution in [3.63, 3.8) is 0 Å². The molecule has 0 bridgehead atoms. The monoisotopic (exact) mass is 389 g/mol. The summed E-state index contributed by atoms with van der Waals surface area (Å²) in [7, 11) is 0. The second-order valence-corrected chi connectivity index (χ2v) is 7.89. The van der Waals surface area contributed by atoms with Crippen LogP contribution >= 0.6 is 22.9 Å². The fourth-order valence-corrected chi connectivity index (χ4v) is 4.16. The van der Waals surface area contributed by atoms with E-state index < -0.39 is 6.04 Å². The third-order valence-corrected chi connectivity index (χ3v) is 5.61. The molecule has 136 valence electrons. The first-order chi connectivity index (χ1) is 12.4. The number of aryl methyl sites for hydroxylation is 1. The maximum Gasteiger partial charge on any atom is 0.262 e. The van der Waals surface area contributed by atoms with Gasteiger partial charge in [0.1, 0.15) is 11.9 Å². The first-order valence-electron chi connectivity index (χ1n) is 8.43. The summed E-state index contributed by atoms with van der Waals surface area (Å²) in [5.41, 5.74) is 0.454.